The number of hydrogen-bond donors (Lipinski definition) is 2. The van der Waals surface area contributed by atoms with Crippen LogP contribution in [0.25, 0.3) is 0 Å². The lowest BCUT2D eigenvalue weighted by atomic mass is 10.3. The summed E-state index contributed by atoms with van der Waals surface area (Å²) in [4.78, 5) is 1.14. The molecule has 0 amide bonds. The fraction of sp³-hybridized carbons (Fsp3) is 0.385. The zero-order valence-electron chi connectivity index (χ0n) is 11.3. The standard InChI is InChI=1S/C13H18N4OS/c1-4-14-9(2)12-16-17-13(18-12)15-10-7-5-6-8-11(10)19-3/h5-9,14H,4H2,1-3H3,(H,15,17). The summed E-state index contributed by atoms with van der Waals surface area (Å²) in [6.45, 7) is 4.90. The van der Waals surface area contributed by atoms with Crippen LogP contribution in [-0.4, -0.2) is 23.0 Å². The molecule has 6 heteroatoms. The van der Waals surface area contributed by atoms with Gasteiger partial charge in [0.05, 0.1) is 11.7 Å². The zero-order chi connectivity index (χ0) is 13.7. The molecule has 19 heavy (non-hydrogen) atoms. The van der Waals surface area contributed by atoms with E-state index in [1.54, 1.807) is 11.8 Å². The van der Waals surface area contributed by atoms with Crippen LogP contribution in [0, 0.1) is 0 Å². The Morgan fingerprint density at radius 2 is 2.11 bits per heavy atom. The van der Waals surface area contributed by atoms with Crippen molar-refractivity contribution in [2.24, 2.45) is 0 Å². The van der Waals surface area contributed by atoms with E-state index >= 15 is 0 Å². The highest BCUT2D eigenvalue weighted by atomic mass is 32.2. The van der Waals surface area contributed by atoms with Crippen molar-refractivity contribution >= 4 is 23.5 Å². The average Bonchev–Trinajstić information content (AvgIpc) is 2.88. The molecule has 1 aromatic heterocycles. The van der Waals surface area contributed by atoms with E-state index in [4.69, 9.17) is 4.42 Å². The molecule has 0 radical (unpaired) electrons. The minimum absolute atomic E-state index is 0.0591. The quantitative estimate of drug-likeness (QED) is 0.791. The van der Waals surface area contributed by atoms with E-state index in [-0.39, 0.29) is 6.04 Å². The van der Waals surface area contributed by atoms with Gasteiger partial charge in [-0.1, -0.05) is 24.2 Å². The lowest BCUT2D eigenvalue weighted by molar-refractivity contribution is 0.430. The molecule has 0 bridgehead atoms. The minimum atomic E-state index is 0.0591. The van der Waals surface area contributed by atoms with Gasteiger partial charge in [0.15, 0.2) is 0 Å². The third-order valence-electron chi connectivity index (χ3n) is 2.67. The molecule has 2 rings (SSSR count). The van der Waals surface area contributed by atoms with Crippen molar-refractivity contribution in [3.63, 3.8) is 0 Å². The van der Waals surface area contributed by atoms with Gasteiger partial charge in [-0.2, -0.15) is 0 Å². The molecule has 2 N–H and O–H groups in total. The van der Waals surface area contributed by atoms with Gasteiger partial charge in [-0.3, -0.25) is 0 Å². The summed E-state index contributed by atoms with van der Waals surface area (Å²) in [5.74, 6) is 0.589. The van der Waals surface area contributed by atoms with Crippen molar-refractivity contribution in [2.45, 2.75) is 24.8 Å². The lowest BCUT2D eigenvalue weighted by Crippen LogP contribution is -2.17. The predicted molar refractivity (Wildman–Crippen MR) is 77.9 cm³/mol. The second kappa shape index (κ2) is 6.58. The number of hydrogen-bond acceptors (Lipinski definition) is 6. The monoisotopic (exact) mass is 278 g/mol. The first-order valence-electron chi connectivity index (χ1n) is 6.21. The number of nitrogens with one attached hydrogen (secondary N) is 2. The molecule has 0 aliphatic rings. The third-order valence-corrected chi connectivity index (χ3v) is 3.47. The number of thioether (sulfide) groups is 1. The van der Waals surface area contributed by atoms with E-state index in [9.17, 15) is 0 Å². The van der Waals surface area contributed by atoms with Crippen LogP contribution in [0.4, 0.5) is 11.7 Å². The Bertz CT molecular complexity index is 529. The molecular weight excluding hydrogens is 260 g/mol. The van der Waals surface area contributed by atoms with Crippen LogP contribution in [-0.2, 0) is 0 Å². The largest absolute Gasteiger partial charge is 0.406 e. The van der Waals surface area contributed by atoms with Crippen molar-refractivity contribution < 1.29 is 4.42 Å². The van der Waals surface area contributed by atoms with Crippen molar-refractivity contribution in [2.75, 3.05) is 18.1 Å². The van der Waals surface area contributed by atoms with Crippen LogP contribution >= 0.6 is 11.8 Å². The Morgan fingerprint density at radius 1 is 1.32 bits per heavy atom. The SMILES string of the molecule is CCNC(C)c1nnc(Nc2ccccc2SC)o1. The predicted octanol–water partition coefficient (Wildman–Crippen LogP) is 3.21. The summed E-state index contributed by atoms with van der Waals surface area (Å²) in [6.07, 6.45) is 2.03. The lowest BCUT2D eigenvalue weighted by Gasteiger charge is -2.07. The molecule has 102 valence electrons. The van der Waals surface area contributed by atoms with E-state index in [1.807, 2.05) is 44.4 Å². The summed E-state index contributed by atoms with van der Waals surface area (Å²) in [6, 6.07) is 8.49. The zero-order valence-corrected chi connectivity index (χ0v) is 12.1. The summed E-state index contributed by atoms with van der Waals surface area (Å²) in [5, 5.41) is 14.4. The molecule has 1 aromatic carbocycles. The minimum Gasteiger partial charge on any atom is -0.406 e. The van der Waals surface area contributed by atoms with E-state index in [0.717, 1.165) is 17.1 Å². The number of nitrogens with zero attached hydrogens (tertiary/aromatic N) is 2. The Morgan fingerprint density at radius 3 is 2.84 bits per heavy atom. The van der Waals surface area contributed by atoms with Gasteiger partial charge in [0, 0.05) is 4.90 Å². The molecular formula is C13H18N4OS. The molecule has 1 atom stereocenters. The van der Waals surface area contributed by atoms with Gasteiger partial charge in [-0.15, -0.1) is 16.9 Å². The number of para-hydroxylation sites is 1. The number of anilines is 2. The normalized spacial score (nSPS) is 12.4. The van der Waals surface area contributed by atoms with Gasteiger partial charge in [0.25, 0.3) is 0 Å². The van der Waals surface area contributed by atoms with E-state index in [2.05, 4.69) is 20.8 Å². The van der Waals surface area contributed by atoms with E-state index < -0.39 is 0 Å². The summed E-state index contributed by atoms with van der Waals surface area (Å²) >= 11 is 1.67. The Kier molecular flexibility index (Phi) is 4.81. The van der Waals surface area contributed by atoms with E-state index in [1.165, 1.54) is 0 Å². The second-order valence-corrected chi connectivity index (χ2v) is 4.90. The molecule has 0 saturated carbocycles. The topological polar surface area (TPSA) is 63.0 Å². The maximum Gasteiger partial charge on any atom is 0.320 e. The third kappa shape index (κ3) is 3.48. The smallest absolute Gasteiger partial charge is 0.320 e. The molecule has 0 aliphatic carbocycles. The first-order valence-corrected chi connectivity index (χ1v) is 7.44. The van der Waals surface area contributed by atoms with Gasteiger partial charge in [0.2, 0.25) is 5.89 Å². The Balaban J connectivity index is 2.11. The average molecular weight is 278 g/mol. The van der Waals surface area contributed by atoms with Crippen molar-refractivity contribution in [3.05, 3.63) is 30.2 Å². The van der Waals surface area contributed by atoms with Crippen LogP contribution in [0.5, 0.6) is 0 Å². The fourth-order valence-electron chi connectivity index (χ4n) is 1.72. The molecule has 5 nitrogen and oxygen atoms in total. The van der Waals surface area contributed by atoms with Crippen molar-refractivity contribution in [3.8, 4) is 0 Å². The Labute approximate surface area is 117 Å². The van der Waals surface area contributed by atoms with Crippen molar-refractivity contribution in [1.82, 2.24) is 15.5 Å². The van der Waals surface area contributed by atoms with Gasteiger partial charge >= 0.3 is 6.01 Å². The molecule has 0 spiro atoms. The number of aromatic nitrogens is 2. The summed E-state index contributed by atoms with van der Waals surface area (Å²) in [7, 11) is 0. The van der Waals surface area contributed by atoms with Crippen LogP contribution in [0.15, 0.2) is 33.6 Å². The van der Waals surface area contributed by atoms with Crippen molar-refractivity contribution in [1.29, 1.82) is 0 Å². The van der Waals surface area contributed by atoms with Crippen LogP contribution in [0.3, 0.4) is 0 Å². The maximum atomic E-state index is 5.60. The Hall–Kier alpha value is -1.53. The summed E-state index contributed by atoms with van der Waals surface area (Å²) in [5.41, 5.74) is 0.973. The maximum absolute atomic E-state index is 5.60. The second-order valence-electron chi connectivity index (χ2n) is 4.05. The van der Waals surface area contributed by atoms with Crippen LogP contribution < -0.4 is 10.6 Å². The summed E-state index contributed by atoms with van der Waals surface area (Å²) < 4.78 is 5.60. The van der Waals surface area contributed by atoms with Crippen LogP contribution in [0.1, 0.15) is 25.8 Å². The van der Waals surface area contributed by atoms with Gasteiger partial charge in [-0.25, -0.2) is 0 Å². The molecule has 1 heterocycles. The molecule has 0 saturated heterocycles. The molecule has 0 aliphatic heterocycles. The first-order chi connectivity index (χ1) is 9.24. The molecule has 0 fully saturated rings. The highest BCUT2D eigenvalue weighted by Crippen LogP contribution is 2.27. The van der Waals surface area contributed by atoms with E-state index in [0.29, 0.717) is 11.9 Å². The molecule has 2 aromatic rings. The fourth-order valence-corrected chi connectivity index (χ4v) is 2.27. The van der Waals surface area contributed by atoms with Gasteiger partial charge in [0.1, 0.15) is 0 Å². The highest BCUT2D eigenvalue weighted by Gasteiger charge is 2.13. The number of rotatable bonds is 6. The molecule has 1 unspecified atom stereocenters. The van der Waals surface area contributed by atoms with Crippen LogP contribution in [0.2, 0.25) is 0 Å². The first kappa shape index (κ1) is 13.9. The highest BCUT2D eigenvalue weighted by molar-refractivity contribution is 7.98. The number of benzene rings is 1. The van der Waals surface area contributed by atoms with Gasteiger partial charge in [-0.05, 0) is 31.9 Å². The van der Waals surface area contributed by atoms with Gasteiger partial charge < -0.3 is 15.1 Å².